The SMILES string of the molecule is C=C1CN(c2cc(-c3ccc(N4CC5CC(C4)N5Cc4ccc(OC)nc4)nc3)c3c(C#N)cnn3c2)CCN1C. The molecule has 0 saturated carbocycles. The van der Waals surface area contributed by atoms with Crippen molar-refractivity contribution in [3.8, 4) is 23.1 Å². The highest BCUT2D eigenvalue weighted by atomic mass is 16.5. The number of piperidine rings is 1. The van der Waals surface area contributed by atoms with Crippen LogP contribution in [0.2, 0.25) is 0 Å². The van der Waals surface area contributed by atoms with E-state index in [2.05, 4.69) is 73.6 Å². The van der Waals surface area contributed by atoms with Crippen LogP contribution in [0.5, 0.6) is 5.88 Å². The third-order valence-electron chi connectivity index (χ3n) is 8.80. The largest absolute Gasteiger partial charge is 0.481 e. The molecular formula is C31H33N9O. The fourth-order valence-corrected chi connectivity index (χ4v) is 6.35. The van der Waals surface area contributed by atoms with Gasteiger partial charge in [0, 0.05) is 87.1 Å². The van der Waals surface area contributed by atoms with Crippen LogP contribution in [0.4, 0.5) is 11.5 Å². The highest BCUT2D eigenvalue weighted by Crippen LogP contribution is 2.37. The number of rotatable bonds is 6. The molecule has 41 heavy (non-hydrogen) atoms. The van der Waals surface area contributed by atoms with Crippen molar-refractivity contribution in [2.75, 3.05) is 56.7 Å². The average molecular weight is 548 g/mol. The molecule has 4 aromatic heterocycles. The molecule has 4 aliphatic rings. The van der Waals surface area contributed by atoms with E-state index in [1.807, 2.05) is 29.2 Å². The van der Waals surface area contributed by atoms with Crippen LogP contribution in [0.1, 0.15) is 17.5 Å². The third kappa shape index (κ3) is 4.52. The molecule has 10 heteroatoms. The van der Waals surface area contributed by atoms with E-state index in [9.17, 15) is 5.26 Å². The molecule has 0 amide bonds. The molecule has 0 N–H and O–H groups in total. The molecule has 2 unspecified atom stereocenters. The topological polar surface area (TPSA) is 89.1 Å². The number of ether oxygens (including phenoxy) is 1. The molecule has 0 spiro atoms. The van der Waals surface area contributed by atoms with Gasteiger partial charge in [-0.25, -0.2) is 14.5 Å². The van der Waals surface area contributed by atoms with Gasteiger partial charge >= 0.3 is 0 Å². The van der Waals surface area contributed by atoms with Gasteiger partial charge in [-0.15, -0.1) is 0 Å². The van der Waals surface area contributed by atoms with Crippen LogP contribution >= 0.6 is 0 Å². The third-order valence-corrected chi connectivity index (χ3v) is 8.80. The maximum Gasteiger partial charge on any atom is 0.212 e. The number of hydrogen-bond donors (Lipinski definition) is 0. The summed E-state index contributed by atoms with van der Waals surface area (Å²) in [5, 5.41) is 14.3. The van der Waals surface area contributed by atoms with Crippen molar-refractivity contribution in [2.45, 2.75) is 25.0 Å². The molecule has 8 rings (SSSR count). The number of aromatic nitrogens is 4. The molecule has 4 saturated heterocycles. The highest BCUT2D eigenvalue weighted by molar-refractivity contribution is 5.86. The van der Waals surface area contributed by atoms with Gasteiger partial charge in [-0.05, 0) is 30.2 Å². The number of likely N-dealkylation sites (N-methyl/N-ethyl adjacent to an activating group) is 1. The lowest BCUT2D eigenvalue weighted by Crippen LogP contribution is -2.68. The Morgan fingerprint density at radius 3 is 2.59 bits per heavy atom. The predicted molar refractivity (Wildman–Crippen MR) is 158 cm³/mol. The van der Waals surface area contributed by atoms with Crippen molar-refractivity contribution in [2.24, 2.45) is 0 Å². The minimum Gasteiger partial charge on any atom is -0.481 e. The second-order valence-corrected chi connectivity index (χ2v) is 11.2. The number of anilines is 2. The monoisotopic (exact) mass is 547 g/mol. The van der Waals surface area contributed by atoms with E-state index in [4.69, 9.17) is 9.72 Å². The maximum atomic E-state index is 9.79. The molecule has 0 aromatic carbocycles. The second kappa shape index (κ2) is 10.1. The molecule has 0 aliphatic carbocycles. The molecule has 4 fully saturated rings. The summed E-state index contributed by atoms with van der Waals surface area (Å²) >= 11 is 0. The van der Waals surface area contributed by atoms with Crippen molar-refractivity contribution in [1.29, 1.82) is 5.26 Å². The summed E-state index contributed by atoms with van der Waals surface area (Å²) in [6.45, 7) is 9.61. The van der Waals surface area contributed by atoms with Gasteiger partial charge in [-0.1, -0.05) is 12.6 Å². The second-order valence-electron chi connectivity index (χ2n) is 11.2. The summed E-state index contributed by atoms with van der Waals surface area (Å²) in [7, 11) is 3.72. The Bertz CT molecular complexity index is 1630. The first-order valence-corrected chi connectivity index (χ1v) is 14.0. The number of methoxy groups -OCH3 is 1. The first-order valence-electron chi connectivity index (χ1n) is 14.0. The lowest BCUT2D eigenvalue weighted by atomic mass is 9.87. The molecule has 4 aliphatic heterocycles. The van der Waals surface area contributed by atoms with Crippen molar-refractivity contribution >= 4 is 17.0 Å². The predicted octanol–water partition coefficient (Wildman–Crippen LogP) is 3.40. The van der Waals surface area contributed by atoms with Gasteiger partial charge in [0.05, 0.1) is 42.8 Å². The number of pyridine rings is 3. The summed E-state index contributed by atoms with van der Waals surface area (Å²) in [4.78, 5) is 18.8. The minimum absolute atomic E-state index is 0.511. The Morgan fingerprint density at radius 2 is 1.90 bits per heavy atom. The van der Waals surface area contributed by atoms with E-state index in [-0.39, 0.29) is 0 Å². The fourth-order valence-electron chi connectivity index (χ4n) is 6.35. The van der Waals surface area contributed by atoms with Crippen molar-refractivity contribution < 1.29 is 4.74 Å². The van der Waals surface area contributed by atoms with Crippen LogP contribution < -0.4 is 14.5 Å². The number of fused-ring (bicyclic) bond motifs is 3. The van der Waals surface area contributed by atoms with Crippen LogP contribution in [0.15, 0.2) is 67.4 Å². The number of nitriles is 1. The first kappa shape index (κ1) is 25.4. The Balaban J connectivity index is 1.11. The molecule has 2 bridgehead atoms. The average Bonchev–Trinajstić information content (AvgIpc) is 3.44. The van der Waals surface area contributed by atoms with Crippen LogP contribution in [0.3, 0.4) is 0 Å². The molecule has 4 aromatic rings. The summed E-state index contributed by atoms with van der Waals surface area (Å²) in [5.41, 5.74) is 6.65. The Labute approximate surface area is 239 Å². The quantitative estimate of drug-likeness (QED) is 0.360. The van der Waals surface area contributed by atoms with E-state index < -0.39 is 0 Å². The lowest BCUT2D eigenvalue weighted by molar-refractivity contribution is -0.00876. The van der Waals surface area contributed by atoms with E-state index in [1.54, 1.807) is 13.3 Å². The number of piperazine rings is 2. The normalized spacial score (nSPS) is 20.7. The van der Waals surface area contributed by atoms with Crippen molar-refractivity contribution in [3.63, 3.8) is 0 Å². The Hall–Kier alpha value is -4.62. The van der Waals surface area contributed by atoms with Crippen LogP contribution in [0.25, 0.3) is 16.6 Å². The fraction of sp³-hybridized carbons (Fsp3) is 0.355. The molecule has 8 heterocycles. The minimum atomic E-state index is 0.511. The zero-order valence-electron chi connectivity index (χ0n) is 23.4. The first-order chi connectivity index (χ1) is 20.0. The summed E-state index contributed by atoms with van der Waals surface area (Å²) in [5.74, 6) is 1.64. The molecular weight excluding hydrogens is 514 g/mol. The Morgan fingerprint density at radius 1 is 1.05 bits per heavy atom. The smallest absolute Gasteiger partial charge is 0.212 e. The van der Waals surface area contributed by atoms with Gasteiger partial charge in [0.1, 0.15) is 11.9 Å². The summed E-state index contributed by atoms with van der Waals surface area (Å²) in [6, 6.07) is 13.8. The Kier molecular flexibility index (Phi) is 6.24. The van der Waals surface area contributed by atoms with Gasteiger partial charge in [0.15, 0.2) is 0 Å². The molecule has 2 atom stereocenters. The lowest BCUT2D eigenvalue weighted by Gasteiger charge is -2.56. The van der Waals surface area contributed by atoms with Gasteiger partial charge in [0.25, 0.3) is 0 Å². The van der Waals surface area contributed by atoms with Crippen LogP contribution in [0, 0.1) is 11.3 Å². The van der Waals surface area contributed by atoms with Gasteiger partial charge in [0.2, 0.25) is 5.88 Å². The van der Waals surface area contributed by atoms with E-state index in [0.717, 1.165) is 73.1 Å². The molecule has 10 nitrogen and oxygen atoms in total. The van der Waals surface area contributed by atoms with Crippen LogP contribution in [-0.4, -0.2) is 88.3 Å². The molecule has 208 valence electrons. The zero-order valence-corrected chi connectivity index (χ0v) is 23.4. The van der Waals surface area contributed by atoms with E-state index >= 15 is 0 Å². The highest BCUT2D eigenvalue weighted by Gasteiger charge is 2.44. The van der Waals surface area contributed by atoms with Gasteiger partial charge in [-0.2, -0.15) is 10.4 Å². The van der Waals surface area contributed by atoms with Crippen molar-refractivity contribution in [3.05, 3.63) is 78.5 Å². The number of nitrogens with zero attached hydrogens (tertiary/aromatic N) is 9. The number of hydrogen-bond acceptors (Lipinski definition) is 9. The van der Waals surface area contributed by atoms with E-state index in [0.29, 0.717) is 23.5 Å². The van der Waals surface area contributed by atoms with Gasteiger partial charge < -0.3 is 19.4 Å². The zero-order chi connectivity index (χ0) is 28.1. The summed E-state index contributed by atoms with van der Waals surface area (Å²) < 4.78 is 7.02. The van der Waals surface area contributed by atoms with Crippen molar-refractivity contribution in [1.82, 2.24) is 29.4 Å². The summed E-state index contributed by atoms with van der Waals surface area (Å²) in [6.07, 6.45) is 8.72. The van der Waals surface area contributed by atoms with Gasteiger partial charge in [-0.3, -0.25) is 4.90 Å². The maximum absolute atomic E-state index is 9.79. The van der Waals surface area contributed by atoms with E-state index in [1.165, 1.54) is 12.0 Å². The van der Waals surface area contributed by atoms with Crippen LogP contribution in [-0.2, 0) is 6.54 Å². The standard InChI is InChI=1S/C31H33N9O/c1-21-16-37(9-8-36(21)2)25-11-28(31-24(12-32)15-35-40(31)20-25)23-5-6-29(33-14-23)38-18-26-10-27(19-38)39(26)17-22-4-7-30(41-3)34-13-22/h4-7,11,13-15,20,26-27H,1,8-10,16-19H2,2-3H3. The molecule has 0 radical (unpaired) electrons.